The zero-order valence-corrected chi connectivity index (χ0v) is 32.4. The SMILES string of the molecule is N#Cc1ccc2c(c1)c1cc(-c3nc(-c4ccccc4)nc(-c4cccc([Si](c5ccccc5)(c5ccccc5)c5ccccc5)c4)n3)ccc1n2-c1ccccc1. The molecule has 6 heteroatoms. The van der Waals surface area contributed by atoms with Crippen LogP contribution >= 0.6 is 0 Å². The van der Waals surface area contributed by atoms with Gasteiger partial charge in [-0.05, 0) is 69.3 Å². The van der Waals surface area contributed by atoms with Gasteiger partial charge >= 0.3 is 0 Å². The lowest BCUT2D eigenvalue weighted by Crippen LogP contribution is -2.74. The van der Waals surface area contributed by atoms with Gasteiger partial charge in [-0.2, -0.15) is 5.26 Å². The van der Waals surface area contributed by atoms with Gasteiger partial charge in [-0.25, -0.2) is 15.0 Å². The van der Waals surface area contributed by atoms with E-state index in [4.69, 9.17) is 15.0 Å². The molecule has 0 fully saturated rings. The van der Waals surface area contributed by atoms with Crippen molar-refractivity contribution < 1.29 is 0 Å². The molecule has 0 saturated carbocycles. The van der Waals surface area contributed by atoms with Crippen LogP contribution in [0.5, 0.6) is 0 Å². The zero-order chi connectivity index (χ0) is 38.9. The quantitative estimate of drug-likeness (QED) is 0.115. The summed E-state index contributed by atoms with van der Waals surface area (Å²) in [6, 6.07) is 76.6. The summed E-state index contributed by atoms with van der Waals surface area (Å²) in [6.45, 7) is 0. The van der Waals surface area contributed by atoms with Crippen LogP contribution in [0.4, 0.5) is 0 Å². The van der Waals surface area contributed by atoms with Gasteiger partial charge in [0.05, 0.1) is 22.7 Å². The Balaban J connectivity index is 1.20. The molecule has 0 aliphatic heterocycles. The highest BCUT2D eigenvalue weighted by Gasteiger charge is 2.41. The number of para-hydroxylation sites is 1. The van der Waals surface area contributed by atoms with Crippen molar-refractivity contribution in [3.8, 4) is 45.9 Å². The largest absolute Gasteiger partial charge is 0.309 e. The highest BCUT2D eigenvalue weighted by molar-refractivity contribution is 7.19. The lowest BCUT2D eigenvalue weighted by atomic mass is 10.1. The van der Waals surface area contributed by atoms with Crippen molar-refractivity contribution in [1.82, 2.24) is 19.5 Å². The Labute approximate surface area is 337 Å². The van der Waals surface area contributed by atoms with E-state index in [1.54, 1.807) is 0 Å². The summed E-state index contributed by atoms with van der Waals surface area (Å²) < 4.78 is 2.25. The number of hydrogen-bond acceptors (Lipinski definition) is 4. The first kappa shape index (κ1) is 34.7. The first-order valence-corrected chi connectivity index (χ1v) is 21.3. The molecule has 0 unspecified atom stereocenters. The van der Waals surface area contributed by atoms with Gasteiger partial charge in [0.25, 0.3) is 0 Å². The molecule has 0 radical (unpaired) electrons. The molecule has 10 aromatic rings. The number of fused-ring (bicyclic) bond motifs is 3. The molecule has 2 aromatic heterocycles. The fourth-order valence-corrected chi connectivity index (χ4v) is 13.2. The zero-order valence-electron chi connectivity index (χ0n) is 31.4. The van der Waals surface area contributed by atoms with E-state index in [9.17, 15) is 5.26 Å². The Kier molecular flexibility index (Phi) is 8.83. The van der Waals surface area contributed by atoms with Crippen molar-refractivity contribution in [1.29, 1.82) is 5.26 Å². The van der Waals surface area contributed by atoms with Crippen LogP contribution in [-0.2, 0) is 0 Å². The third kappa shape index (κ3) is 5.98. The first-order valence-electron chi connectivity index (χ1n) is 19.3. The van der Waals surface area contributed by atoms with E-state index in [1.807, 2.05) is 66.7 Å². The average Bonchev–Trinajstić information content (AvgIpc) is 3.64. The smallest absolute Gasteiger partial charge is 0.179 e. The highest BCUT2D eigenvalue weighted by Crippen LogP contribution is 2.35. The van der Waals surface area contributed by atoms with Crippen LogP contribution < -0.4 is 20.7 Å². The molecule has 8 aromatic carbocycles. The van der Waals surface area contributed by atoms with Crippen LogP contribution in [0, 0.1) is 11.3 Å². The number of rotatable bonds is 8. The molecule has 10 rings (SSSR count). The van der Waals surface area contributed by atoms with E-state index >= 15 is 0 Å². The maximum atomic E-state index is 9.89. The van der Waals surface area contributed by atoms with Gasteiger partial charge in [0.2, 0.25) is 0 Å². The Hall–Kier alpha value is -7.72. The van der Waals surface area contributed by atoms with Crippen molar-refractivity contribution in [2.45, 2.75) is 0 Å². The summed E-state index contributed by atoms with van der Waals surface area (Å²) in [5.74, 6) is 1.77. The molecule has 0 bridgehead atoms. The lowest BCUT2D eigenvalue weighted by molar-refractivity contribution is 1.07. The number of nitrogens with zero attached hydrogens (tertiary/aromatic N) is 5. The minimum Gasteiger partial charge on any atom is -0.309 e. The molecule has 5 nitrogen and oxygen atoms in total. The fraction of sp³-hybridized carbons (Fsp3) is 0. The Bertz CT molecular complexity index is 3010. The summed E-state index contributed by atoms with van der Waals surface area (Å²) in [4.78, 5) is 15.6. The van der Waals surface area contributed by atoms with E-state index in [0.29, 0.717) is 23.0 Å². The maximum Gasteiger partial charge on any atom is 0.179 e. The van der Waals surface area contributed by atoms with Crippen LogP contribution in [0.15, 0.2) is 212 Å². The molecule has 58 heavy (non-hydrogen) atoms. The Morgan fingerprint density at radius 3 is 1.36 bits per heavy atom. The van der Waals surface area contributed by atoms with Gasteiger partial charge in [-0.3, -0.25) is 0 Å². The monoisotopic (exact) mass is 757 g/mol. The molecule has 0 aliphatic rings. The molecule has 272 valence electrons. The second kappa shape index (κ2) is 14.7. The lowest BCUT2D eigenvalue weighted by Gasteiger charge is -2.34. The van der Waals surface area contributed by atoms with Gasteiger partial charge < -0.3 is 4.57 Å². The van der Waals surface area contributed by atoms with E-state index in [0.717, 1.165) is 44.2 Å². The van der Waals surface area contributed by atoms with Gasteiger partial charge in [-0.15, -0.1) is 0 Å². The van der Waals surface area contributed by atoms with Crippen LogP contribution in [0.1, 0.15) is 5.56 Å². The number of hydrogen-bond donors (Lipinski definition) is 0. The van der Waals surface area contributed by atoms with Gasteiger partial charge in [0, 0.05) is 33.2 Å². The Morgan fingerprint density at radius 1 is 0.379 bits per heavy atom. The Morgan fingerprint density at radius 2 is 0.810 bits per heavy atom. The third-order valence-corrected chi connectivity index (χ3v) is 15.8. The van der Waals surface area contributed by atoms with Gasteiger partial charge in [0.1, 0.15) is 0 Å². The molecule has 0 amide bonds. The predicted molar refractivity (Wildman–Crippen MR) is 239 cm³/mol. The summed E-state index contributed by atoms with van der Waals surface area (Å²) in [6.07, 6.45) is 0. The van der Waals surface area contributed by atoms with E-state index in [-0.39, 0.29) is 0 Å². The van der Waals surface area contributed by atoms with Crippen LogP contribution in [0.25, 0.3) is 61.7 Å². The van der Waals surface area contributed by atoms with Gasteiger partial charge in [0.15, 0.2) is 25.5 Å². The van der Waals surface area contributed by atoms with Crippen LogP contribution in [0.3, 0.4) is 0 Å². The molecule has 2 heterocycles. The average molecular weight is 758 g/mol. The summed E-state index contributed by atoms with van der Waals surface area (Å²) in [5.41, 5.74) is 6.41. The molecule has 0 N–H and O–H groups in total. The molecular formula is C52H35N5Si. The van der Waals surface area contributed by atoms with E-state index in [1.165, 1.54) is 20.7 Å². The summed E-state index contributed by atoms with van der Waals surface area (Å²) >= 11 is 0. The molecule has 0 saturated heterocycles. The minimum absolute atomic E-state index is 0.575. The third-order valence-electron chi connectivity index (χ3n) is 11.0. The first-order chi connectivity index (χ1) is 28.7. The van der Waals surface area contributed by atoms with Crippen molar-refractivity contribution in [3.63, 3.8) is 0 Å². The number of nitriles is 1. The van der Waals surface area contributed by atoms with Crippen molar-refractivity contribution in [3.05, 3.63) is 218 Å². The molecular weight excluding hydrogens is 723 g/mol. The summed E-state index contributed by atoms with van der Waals surface area (Å²) in [5, 5.41) is 17.0. The molecule has 0 spiro atoms. The van der Waals surface area contributed by atoms with Crippen molar-refractivity contribution in [2.24, 2.45) is 0 Å². The second-order valence-electron chi connectivity index (χ2n) is 14.3. The van der Waals surface area contributed by atoms with Crippen LogP contribution in [0.2, 0.25) is 0 Å². The second-order valence-corrected chi connectivity index (χ2v) is 18.2. The minimum atomic E-state index is -2.81. The van der Waals surface area contributed by atoms with E-state index < -0.39 is 8.07 Å². The fourth-order valence-electron chi connectivity index (χ4n) is 8.39. The standard InChI is InChI=1S/C52H35N5Si/c53-36-37-29-31-48-46(33-37)47-35-40(30-32-49(47)57(48)41-20-8-2-9-21-41)52-55-50(38-17-6-1-7-18-38)54-51(56-52)39-19-16-28-45(34-39)58(42-22-10-3-11-23-42,43-24-12-4-13-25-43)44-26-14-5-15-27-44/h1-35H. The molecule has 0 atom stereocenters. The normalized spacial score (nSPS) is 11.4. The number of aromatic nitrogens is 4. The predicted octanol–water partition coefficient (Wildman–Crippen LogP) is 9.22. The van der Waals surface area contributed by atoms with Crippen LogP contribution in [-0.4, -0.2) is 27.6 Å². The van der Waals surface area contributed by atoms with E-state index in [2.05, 4.69) is 156 Å². The summed E-state index contributed by atoms with van der Waals surface area (Å²) in [7, 11) is -2.81. The van der Waals surface area contributed by atoms with Crippen molar-refractivity contribution >= 4 is 50.6 Å². The topological polar surface area (TPSA) is 67.4 Å². The number of benzene rings is 8. The maximum absolute atomic E-state index is 9.89. The van der Waals surface area contributed by atoms with Gasteiger partial charge in [-0.1, -0.05) is 164 Å². The van der Waals surface area contributed by atoms with Crippen molar-refractivity contribution in [2.75, 3.05) is 0 Å². The molecule has 0 aliphatic carbocycles. The highest BCUT2D eigenvalue weighted by atomic mass is 28.3.